The Morgan fingerprint density at radius 2 is 1.79 bits per heavy atom. The molecule has 2 heterocycles. The van der Waals surface area contributed by atoms with E-state index in [1.165, 1.54) is 5.56 Å². The third kappa shape index (κ3) is 3.96. The summed E-state index contributed by atoms with van der Waals surface area (Å²) in [7, 11) is 0. The summed E-state index contributed by atoms with van der Waals surface area (Å²) in [5, 5.41) is 7.55. The molecule has 0 aliphatic carbocycles. The number of rotatable bonds is 6. The molecule has 6 nitrogen and oxygen atoms in total. The molecule has 0 aliphatic rings. The molecular weight excluding hydrogens is 364 g/mol. The van der Waals surface area contributed by atoms with Gasteiger partial charge in [-0.2, -0.15) is 0 Å². The van der Waals surface area contributed by atoms with E-state index in [4.69, 9.17) is 9.72 Å². The maximum atomic E-state index is 12.6. The van der Waals surface area contributed by atoms with Gasteiger partial charge in [-0.15, -0.1) is 5.10 Å². The van der Waals surface area contributed by atoms with Gasteiger partial charge in [0.1, 0.15) is 0 Å². The van der Waals surface area contributed by atoms with E-state index in [0.29, 0.717) is 30.2 Å². The van der Waals surface area contributed by atoms with Crippen LogP contribution in [0.25, 0.3) is 16.9 Å². The van der Waals surface area contributed by atoms with Crippen LogP contribution in [0.3, 0.4) is 0 Å². The first kappa shape index (κ1) is 18.7. The minimum absolute atomic E-state index is 0.142. The Hall–Kier alpha value is -3.67. The second kappa shape index (κ2) is 8.14. The maximum Gasteiger partial charge on any atom is 0.251 e. The molecule has 1 amide bonds. The van der Waals surface area contributed by atoms with Crippen molar-refractivity contribution in [3.8, 4) is 17.1 Å². The second-order valence-corrected chi connectivity index (χ2v) is 6.70. The number of benzene rings is 2. The molecule has 0 saturated carbocycles. The Labute approximate surface area is 169 Å². The lowest BCUT2D eigenvalue weighted by Crippen LogP contribution is -2.24. The molecular formula is C23H22N4O2. The fourth-order valence-electron chi connectivity index (χ4n) is 3.14. The molecule has 146 valence electrons. The topological polar surface area (TPSA) is 68.5 Å². The molecule has 0 fully saturated rings. The van der Waals surface area contributed by atoms with Crippen molar-refractivity contribution in [2.24, 2.45) is 0 Å². The van der Waals surface area contributed by atoms with Gasteiger partial charge in [0.25, 0.3) is 5.91 Å². The van der Waals surface area contributed by atoms with E-state index in [1.807, 2.05) is 62.4 Å². The second-order valence-electron chi connectivity index (χ2n) is 6.70. The maximum absolute atomic E-state index is 12.6. The summed E-state index contributed by atoms with van der Waals surface area (Å²) in [6.07, 6.45) is 0. The fraction of sp³-hybridized carbons (Fsp3) is 0.174. The molecule has 0 radical (unpaired) electrons. The third-order valence-corrected chi connectivity index (χ3v) is 4.62. The van der Waals surface area contributed by atoms with Gasteiger partial charge in [-0.1, -0.05) is 48.0 Å². The van der Waals surface area contributed by atoms with Crippen LogP contribution >= 0.6 is 0 Å². The van der Waals surface area contributed by atoms with Crippen molar-refractivity contribution >= 4 is 11.6 Å². The van der Waals surface area contributed by atoms with Crippen LogP contribution in [0.2, 0.25) is 0 Å². The number of amides is 1. The van der Waals surface area contributed by atoms with Crippen molar-refractivity contribution in [1.29, 1.82) is 0 Å². The molecule has 0 atom stereocenters. The van der Waals surface area contributed by atoms with Crippen molar-refractivity contribution in [1.82, 2.24) is 19.9 Å². The molecule has 2 aromatic carbocycles. The SMILES string of the molecule is CCOc1ccc2nc(-c3ccc(C)cc3)c(CNC(=O)c3ccccc3)n2n1. The molecule has 0 unspecified atom stereocenters. The van der Waals surface area contributed by atoms with Crippen LogP contribution in [-0.2, 0) is 6.54 Å². The minimum atomic E-state index is -0.142. The number of nitrogens with one attached hydrogen (secondary N) is 1. The van der Waals surface area contributed by atoms with Gasteiger partial charge in [-0.3, -0.25) is 4.79 Å². The highest BCUT2D eigenvalue weighted by Crippen LogP contribution is 2.25. The molecule has 4 rings (SSSR count). The Morgan fingerprint density at radius 1 is 1.03 bits per heavy atom. The van der Waals surface area contributed by atoms with Crippen LogP contribution < -0.4 is 10.1 Å². The number of nitrogens with zero attached hydrogens (tertiary/aromatic N) is 3. The summed E-state index contributed by atoms with van der Waals surface area (Å²) in [6.45, 7) is 4.78. The van der Waals surface area contributed by atoms with Gasteiger partial charge in [-0.05, 0) is 32.0 Å². The van der Waals surface area contributed by atoms with Gasteiger partial charge in [-0.25, -0.2) is 9.50 Å². The van der Waals surface area contributed by atoms with Gasteiger partial charge < -0.3 is 10.1 Å². The Morgan fingerprint density at radius 3 is 2.52 bits per heavy atom. The number of aromatic nitrogens is 3. The van der Waals surface area contributed by atoms with Crippen LogP contribution in [0.15, 0.2) is 66.7 Å². The molecule has 1 N–H and O–H groups in total. The first-order valence-corrected chi connectivity index (χ1v) is 9.57. The zero-order valence-corrected chi connectivity index (χ0v) is 16.4. The number of imidazole rings is 1. The molecule has 29 heavy (non-hydrogen) atoms. The average molecular weight is 386 g/mol. The van der Waals surface area contributed by atoms with Crippen molar-refractivity contribution in [3.63, 3.8) is 0 Å². The van der Waals surface area contributed by atoms with Gasteiger partial charge in [0.15, 0.2) is 5.65 Å². The van der Waals surface area contributed by atoms with Crippen LogP contribution in [-0.4, -0.2) is 27.1 Å². The lowest BCUT2D eigenvalue weighted by Gasteiger charge is -2.08. The molecule has 4 aromatic rings. The van der Waals surface area contributed by atoms with Crippen molar-refractivity contribution in [2.45, 2.75) is 20.4 Å². The third-order valence-electron chi connectivity index (χ3n) is 4.62. The van der Waals surface area contributed by atoms with Crippen LogP contribution in [0.5, 0.6) is 5.88 Å². The van der Waals surface area contributed by atoms with Crippen molar-refractivity contribution in [2.75, 3.05) is 6.61 Å². The molecule has 0 aliphatic heterocycles. The highest BCUT2D eigenvalue weighted by Gasteiger charge is 2.17. The summed E-state index contributed by atoms with van der Waals surface area (Å²) in [5.74, 6) is 0.375. The van der Waals surface area contributed by atoms with Gasteiger partial charge in [0.05, 0.1) is 24.5 Å². The van der Waals surface area contributed by atoms with Crippen molar-refractivity contribution < 1.29 is 9.53 Å². The highest BCUT2D eigenvalue weighted by molar-refractivity contribution is 5.94. The fourth-order valence-corrected chi connectivity index (χ4v) is 3.14. The summed E-state index contributed by atoms with van der Waals surface area (Å²) >= 11 is 0. The number of fused-ring (bicyclic) bond motifs is 1. The van der Waals surface area contributed by atoms with E-state index in [2.05, 4.69) is 10.4 Å². The minimum Gasteiger partial charge on any atom is -0.477 e. The standard InChI is InChI=1S/C23H22N4O2/c1-3-29-21-14-13-20-25-22(17-11-9-16(2)10-12-17)19(27(20)26-21)15-24-23(28)18-7-5-4-6-8-18/h4-14H,3,15H2,1-2H3,(H,24,28). The van der Waals surface area contributed by atoms with E-state index in [9.17, 15) is 4.79 Å². The van der Waals surface area contributed by atoms with Gasteiger partial charge >= 0.3 is 0 Å². The summed E-state index contributed by atoms with van der Waals surface area (Å²) in [5.41, 5.74) is 5.06. The monoisotopic (exact) mass is 386 g/mol. The van der Waals surface area contributed by atoms with E-state index in [0.717, 1.165) is 17.0 Å². The Kier molecular flexibility index (Phi) is 5.24. The average Bonchev–Trinajstić information content (AvgIpc) is 3.11. The number of hydrogen-bond donors (Lipinski definition) is 1. The summed E-state index contributed by atoms with van der Waals surface area (Å²) < 4.78 is 7.29. The molecule has 2 aromatic heterocycles. The quantitative estimate of drug-likeness (QED) is 0.543. The molecule has 0 spiro atoms. The smallest absolute Gasteiger partial charge is 0.251 e. The van der Waals surface area contributed by atoms with E-state index in [1.54, 1.807) is 22.7 Å². The predicted octanol–water partition coefficient (Wildman–Crippen LogP) is 4.03. The summed E-state index contributed by atoms with van der Waals surface area (Å²) in [4.78, 5) is 17.3. The van der Waals surface area contributed by atoms with Crippen LogP contribution in [0.4, 0.5) is 0 Å². The normalized spacial score (nSPS) is 10.8. The zero-order chi connectivity index (χ0) is 20.2. The Balaban J connectivity index is 1.73. The number of ether oxygens (including phenoxy) is 1. The van der Waals surface area contributed by atoms with Crippen molar-refractivity contribution in [3.05, 3.63) is 83.6 Å². The van der Waals surface area contributed by atoms with E-state index < -0.39 is 0 Å². The molecule has 0 saturated heterocycles. The number of aryl methyl sites for hydroxylation is 1. The highest BCUT2D eigenvalue weighted by atomic mass is 16.5. The van der Waals surface area contributed by atoms with E-state index in [-0.39, 0.29) is 5.91 Å². The first-order valence-electron chi connectivity index (χ1n) is 9.57. The van der Waals surface area contributed by atoms with Gasteiger partial charge in [0, 0.05) is 17.2 Å². The molecule has 0 bridgehead atoms. The first-order chi connectivity index (χ1) is 14.2. The Bertz CT molecular complexity index is 1130. The largest absolute Gasteiger partial charge is 0.477 e. The number of carbonyl (C=O) groups is 1. The zero-order valence-electron chi connectivity index (χ0n) is 16.4. The predicted molar refractivity (Wildman–Crippen MR) is 112 cm³/mol. The van der Waals surface area contributed by atoms with Gasteiger partial charge in [0.2, 0.25) is 5.88 Å². The summed E-state index contributed by atoms with van der Waals surface area (Å²) in [6, 6.07) is 21.0. The number of carbonyl (C=O) groups excluding carboxylic acids is 1. The van der Waals surface area contributed by atoms with Crippen LogP contribution in [0.1, 0.15) is 28.5 Å². The van der Waals surface area contributed by atoms with E-state index >= 15 is 0 Å². The number of hydrogen-bond acceptors (Lipinski definition) is 4. The lowest BCUT2D eigenvalue weighted by molar-refractivity contribution is 0.0950. The van der Waals surface area contributed by atoms with Crippen LogP contribution in [0, 0.1) is 6.92 Å². The molecule has 6 heteroatoms. The lowest BCUT2D eigenvalue weighted by atomic mass is 10.1.